The Hall–Kier alpha value is -1.87. The summed E-state index contributed by atoms with van der Waals surface area (Å²) in [4.78, 5) is 0. The fourth-order valence-electron chi connectivity index (χ4n) is 2.65. The lowest BCUT2D eigenvalue weighted by atomic mass is 9.97. The minimum absolute atomic E-state index is 0.0152. The average molecular weight is 274 g/mol. The Morgan fingerprint density at radius 1 is 1.11 bits per heavy atom. The Balaban J connectivity index is 1.77. The topological polar surface area (TPSA) is 30.5 Å². The van der Waals surface area contributed by atoms with E-state index in [0.717, 1.165) is 22.7 Å². The second kappa shape index (κ2) is 4.07. The number of hydrogen-bond acceptors (Lipinski definition) is 3. The molecular formula is C15H12ClNO2. The van der Waals surface area contributed by atoms with E-state index >= 15 is 0 Å². The second-order valence-corrected chi connectivity index (χ2v) is 5.22. The highest BCUT2D eigenvalue weighted by Crippen LogP contribution is 2.43. The minimum Gasteiger partial charge on any atom is -0.491 e. The van der Waals surface area contributed by atoms with Crippen LogP contribution in [0.4, 0.5) is 5.69 Å². The third kappa shape index (κ3) is 1.73. The average Bonchev–Trinajstić information content (AvgIpc) is 2.45. The standard InChI is InChI=1S/C15H12ClNO2/c16-9-5-6-14-11(7-9)17-12-8-18-13-4-2-1-3-10(13)15(12)19-14/h1-7,12,15,17H,8H2. The van der Waals surface area contributed by atoms with E-state index in [1.807, 2.05) is 36.4 Å². The summed E-state index contributed by atoms with van der Waals surface area (Å²) in [7, 11) is 0. The van der Waals surface area contributed by atoms with Crippen LogP contribution in [-0.4, -0.2) is 12.6 Å². The van der Waals surface area contributed by atoms with E-state index in [-0.39, 0.29) is 12.1 Å². The fraction of sp³-hybridized carbons (Fsp3) is 0.200. The smallest absolute Gasteiger partial charge is 0.151 e. The van der Waals surface area contributed by atoms with E-state index < -0.39 is 0 Å². The molecule has 0 bridgehead atoms. The van der Waals surface area contributed by atoms with Gasteiger partial charge in [0.1, 0.15) is 24.1 Å². The number of hydrogen-bond donors (Lipinski definition) is 1. The maximum atomic E-state index is 6.12. The molecule has 2 unspecified atom stereocenters. The first-order chi connectivity index (χ1) is 9.31. The van der Waals surface area contributed by atoms with Crippen molar-refractivity contribution in [2.24, 2.45) is 0 Å². The largest absolute Gasteiger partial charge is 0.491 e. The van der Waals surface area contributed by atoms with Crippen LogP contribution < -0.4 is 14.8 Å². The van der Waals surface area contributed by atoms with E-state index in [4.69, 9.17) is 21.1 Å². The van der Waals surface area contributed by atoms with E-state index in [0.29, 0.717) is 11.6 Å². The number of fused-ring (bicyclic) bond motifs is 4. The Morgan fingerprint density at radius 2 is 2.00 bits per heavy atom. The highest BCUT2D eigenvalue weighted by Gasteiger charge is 2.36. The molecule has 0 radical (unpaired) electrons. The summed E-state index contributed by atoms with van der Waals surface area (Å²) < 4.78 is 11.9. The van der Waals surface area contributed by atoms with Gasteiger partial charge in [-0.3, -0.25) is 0 Å². The molecule has 0 aliphatic carbocycles. The number of ether oxygens (including phenoxy) is 2. The normalized spacial score (nSPS) is 23.0. The minimum atomic E-state index is -0.0152. The summed E-state index contributed by atoms with van der Waals surface area (Å²) in [5.41, 5.74) is 2.02. The van der Waals surface area contributed by atoms with Gasteiger partial charge in [0.15, 0.2) is 6.10 Å². The molecule has 1 N–H and O–H groups in total. The van der Waals surface area contributed by atoms with Crippen LogP contribution in [0, 0.1) is 0 Å². The van der Waals surface area contributed by atoms with Crippen LogP contribution in [0.15, 0.2) is 42.5 Å². The van der Waals surface area contributed by atoms with Gasteiger partial charge in [0.05, 0.1) is 5.69 Å². The van der Waals surface area contributed by atoms with Gasteiger partial charge in [-0.05, 0) is 24.3 Å². The molecule has 2 aromatic rings. The molecule has 2 aromatic carbocycles. The van der Waals surface area contributed by atoms with E-state index in [1.54, 1.807) is 0 Å². The van der Waals surface area contributed by atoms with Crippen LogP contribution in [0.2, 0.25) is 5.02 Å². The quantitative estimate of drug-likeness (QED) is 0.795. The van der Waals surface area contributed by atoms with Crippen molar-refractivity contribution in [2.75, 3.05) is 11.9 Å². The van der Waals surface area contributed by atoms with E-state index in [2.05, 4.69) is 11.4 Å². The van der Waals surface area contributed by atoms with Gasteiger partial charge in [-0.25, -0.2) is 0 Å². The van der Waals surface area contributed by atoms with Crippen molar-refractivity contribution in [3.8, 4) is 11.5 Å². The van der Waals surface area contributed by atoms with Crippen molar-refractivity contribution < 1.29 is 9.47 Å². The molecule has 4 heteroatoms. The maximum Gasteiger partial charge on any atom is 0.151 e. The molecule has 0 saturated carbocycles. The Morgan fingerprint density at radius 3 is 2.95 bits per heavy atom. The van der Waals surface area contributed by atoms with Crippen molar-refractivity contribution in [3.63, 3.8) is 0 Å². The first-order valence-corrected chi connectivity index (χ1v) is 6.63. The van der Waals surface area contributed by atoms with Crippen LogP contribution in [0.1, 0.15) is 11.7 Å². The molecule has 0 amide bonds. The number of rotatable bonds is 0. The molecule has 2 aliphatic heterocycles. The number of nitrogens with one attached hydrogen (secondary N) is 1. The molecule has 2 heterocycles. The predicted molar refractivity (Wildman–Crippen MR) is 74.2 cm³/mol. The van der Waals surface area contributed by atoms with Crippen LogP contribution in [0.5, 0.6) is 11.5 Å². The van der Waals surface area contributed by atoms with Gasteiger partial charge in [-0.2, -0.15) is 0 Å². The number of anilines is 1. The second-order valence-electron chi connectivity index (χ2n) is 4.78. The molecule has 0 aromatic heterocycles. The third-order valence-electron chi connectivity index (χ3n) is 3.55. The third-order valence-corrected chi connectivity index (χ3v) is 3.78. The summed E-state index contributed by atoms with van der Waals surface area (Å²) in [6, 6.07) is 13.7. The zero-order chi connectivity index (χ0) is 12.8. The zero-order valence-electron chi connectivity index (χ0n) is 10.1. The molecule has 19 heavy (non-hydrogen) atoms. The Bertz CT molecular complexity index is 644. The predicted octanol–water partition coefficient (Wildman–Crippen LogP) is 3.65. The molecule has 4 rings (SSSR count). The maximum absolute atomic E-state index is 6.12. The van der Waals surface area contributed by atoms with Gasteiger partial charge in [-0.15, -0.1) is 0 Å². The Kier molecular flexibility index (Phi) is 2.35. The molecule has 0 spiro atoms. The van der Waals surface area contributed by atoms with Crippen LogP contribution in [0.25, 0.3) is 0 Å². The van der Waals surface area contributed by atoms with Crippen molar-refractivity contribution in [1.29, 1.82) is 0 Å². The molecule has 0 fully saturated rings. The van der Waals surface area contributed by atoms with Crippen LogP contribution >= 0.6 is 11.6 Å². The summed E-state index contributed by atoms with van der Waals surface area (Å²) in [6.07, 6.45) is -0.0152. The highest BCUT2D eigenvalue weighted by atomic mass is 35.5. The van der Waals surface area contributed by atoms with Gasteiger partial charge in [-0.1, -0.05) is 29.8 Å². The fourth-order valence-corrected chi connectivity index (χ4v) is 2.82. The van der Waals surface area contributed by atoms with Crippen molar-refractivity contribution >= 4 is 17.3 Å². The van der Waals surface area contributed by atoms with Crippen molar-refractivity contribution in [2.45, 2.75) is 12.1 Å². The molecule has 2 atom stereocenters. The number of para-hydroxylation sites is 1. The number of halogens is 1. The van der Waals surface area contributed by atoms with E-state index in [9.17, 15) is 0 Å². The van der Waals surface area contributed by atoms with Crippen molar-refractivity contribution in [3.05, 3.63) is 53.1 Å². The number of benzene rings is 2. The monoisotopic (exact) mass is 273 g/mol. The van der Waals surface area contributed by atoms with Crippen LogP contribution in [-0.2, 0) is 0 Å². The molecule has 0 saturated heterocycles. The zero-order valence-corrected chi connectivity index (χ0v) is 10.9. The summed E-state index contributed by atoms with van der Waals surface area (Å²) >= 11 is 6.01. The summed E-state index contributed by atoms with van der Waals surface area (Å²) in [5.74, 6) is 1.74. The SMILES string of the molecule is Clc1ccc2c(c1)NC1COc3ccccc3C1O2. The molecule has 96 valence electrons. The van der Waals surface area contributed by atoms with Gasteiger partial charge < -0.3 is 14.8 Å². The van der Waals surface area contributed by atoms with Crippen LogP contribution in [0.3, 0.4) is 0 Å². The molecule has 2 aliphatic rings. The van der Waals surface area contributed by atoms with Gasteiger partial charge in [0.25, 0.3) is 0 Å². The molecular weight excluding hydrogens is 262 g/mol. The van der Waals surface area contributed by atoms with Gasteiger partial charge >= 0.3 is 0 Å². The van der Waals surface area contributed by atoms with E-state index in [1.165, 1.54) is 0 Å². The highest BCUT2D eigenvalue weighted by molar-refractivity contribution is 6.30. The van der Waals surface area contributed by atoms with Gasteiger partial charge in [0, 0.05) is 10.6 Å². The molecule has 3 nitrogen and oxygen atoms in total. The lowest BCUT2D eigenvalue weighted by molar-refractivity contribution is 0.112. The summed E-state index contributed by atoms with van der Waals surface area (Å²) in [5, 5.41) is 4.15. The Labute approximate surface area is 116 Å². The first-order valence-electron chi connectivity index (χ1n) is 6.26. The summed E-state index contributed by atoms with van der Waals surface area (Å²) in [6.45, 7) is 0.591. The lowest BCUT2D eigenvalue weighted by Crippen LogP contribution is -2.42. The van der Waals surface area contributed by atoms with Gasteiger partial charge in [0.2, 0.25) is 0 Å². The van der Waals surface area contributed by atoms with Crippen molar-refractivity contribution in [1.82, 2.24) is 0 Å². The first kappa shape index (κ1) is 11.0. The lowest BCUT2D eigenvalue weighted by Gasteiger charge is -2.38.